The molecule has 0 bridgehead atoms. The van der Waals surface area contributed by atoms with E-state index in [-0.39, 0.29) is 29.9 Å². The highest BCUT2D eigenvalue weighted by Crippen LogP contribution is 2.34. The Labute approximate surface area is 179 Å². The molecular weight excluding hydrogens is 402 g/mol. The fourth-order valence-electron chi connectivity index (χ4n) is 3.27. The smallest absolute Gasteiger partial charge is 0.293 e. The van der Waals surface area contributed by atoms with Gasteiger partial charge in [0.15, 0.2) is 0 Å². The van der Waals surface area contributed by atoms with Crippen LogP contribution in [0.25, 0.3) is 0 Å². The molecule has 2 amide bonds. The molecule has 1 aliphatic heterocycles. The standard InChI is InChI=1S/C21H25N5O5/c1-14-2-4-15(5-3-14)24-21(28)16-12-19(26(29)30)17(23-7-6-20(22)27)13-18(16)25-8-10-31-11-9-25/h2-5,12-13,23H,6-11H2,1H3,(H2,22,27)(H,24,28). The lowest BCUT2D eigenvalue weighted by Gasteiger charge is -2.30. The number of rotatable bonds is 8. The van der Waals surface area contributed by atoms with Gasteiger partial charge in [0.1, 0.15) is 5.69 Å². The monoisotopic (exact) mass is 427 g/mol. The van der Waals surface area contributed by atoms with E-state index in [1.165, 1.54) is 6.07 Å². The van der Waals surface area contributed by atoms with Crippen molar-refractivity contribution in [2.75, 3.05) is 48.4 Å². The molecule has 10 nitrogen and oxygen atoms in total. The lowest BCUT2D eigenvalue weighted by atomic mass is 10.1. The van der Waals surface area contributed by atoms with Crippen LogP contribution in [-0.2, 0) is 9.53 Å². The number of nitro benzene ring substituents is 1. The third-order valence-corrected chi connectivity index (χ3v) is 4.90. The maximum Gasteiger partial charge on any atom is 0.293 e. The Balaban J connectivity index is 1.98. The van der Waals surface area contributed by atoms with Crippen molar-refractivity contribution in [2.24, 2.45) is 5.73 Å². The minimum absolute atomic E-state index is 0.0275. The van der Waals surface area contributed by atoms with Crippen molar-refractivity contribution in [3.8, 4) is 0 Å². The number of benzene rings is 2. The summed E-state index contributed by atoms with van der Waals surface area (Å²) in [7, 11) is 0. The molecule has 0 unspecified atom stereocenters. The van der Waals surface area contributed by atoms with Crippen LogP contribution in [0.3, 0.4) is 0 Å². The number of hydrogen-bond donors (Lipinski definition) is 3. The van der Waals surface area contributed by atoms with Crippen molar-refractivity contribution < 1.29 is 19.2 Å². The predicted molar refractivity (Wildman–Crippen MR) is 118 cm³/mol. The van der Waals surface area contributed by atoms with Crippen LogP contribution in [0.1, 0.15) is 22.3 Å². The zero-order valence-electron chi connectivity index (χ0n) is 17.2. The fourth-order valence-corrected chi connectivity index (χ4v) is 3.27. The van der Waals surface area contributed by atoms with Gasteiger partial charge in [0.05, 0.1) is 29.4 Å². The van der Waals surface area contributed by atoms with Gasteiger partial charge < -0.3 is 26.0 Å². The van der Waals surface area contributed by atoms with Crippen LogP contribution in [0, 0.1) is 17.0 Å². The van der Waals surface area contributed by atoms with Gasteiger partial charge in [-0.05, 0) is 25.1 Å². The van der Waals surface area contributed by atoms with Crippen LogP contribution in [-0.4, -0.2) is 49.6 Å². The highest BCUT2D eigenvalue weighted by molar-refractivity contribution is 6.09. The van der Waals surface area contributed by atoms with Gasteiger partial charge >= 0.3 is 0 Å². The van der Waals surface area contributed by atoms with E-state index in [0.717, 1.165) is 5.56 Å². The van der Waals surface area contributed by atoms with Crippen LogP contribution in [0.2, 0.25) is 0 Å². The summed E-state index contributed by atoms with van der Waals surface area (Å²) in [5, 5.41) is 17.4. The van der Waals surface area contributed by atoms with Crippen LogP contribution in [0.4, 0.5) is 22.7 Å². The number of carbonyl (C=O) groups excluding carboxylic acids is 2. The summed E-state index contributed by atoms with van der Waals surface area (Å²) in [6.07, 6.45) is 0.0275. The number of primary amides is 1. The lowest BCUT2D eigenvalue weighted by Crippen LogP contribution is -2.37. The maximum absolute atomic E-state index is 13.1. The molecule has 164 valence electrons. The minimum atomic E-state index is -0.557. The minimum Gasteiger partial charge on any atom is -0.379 e. The van der Waals surface area contributed by atoms with E-state index in [1.807, 2.05) is 24.0 Å². The average molecular weight is 427 g/mol. The van der Waals surface area contributed by atoms with Crippen LogP contribution in [0.15, 0.2) is 36.4 Å². The van der Waals surface area contributed by atoms with E-state index in [2.05, 4.69) is 10.6 Å². The average Bonchev–Trinajstić information content (AvgIpc) is 2.75. The first-order valence-electron chi connectivity index (χ1n) is 9.90. The normalized spacial score (nSPS) is 13.5. The van der Waals surface area contributed by atoms with E-state index in [4.69, 9.17) is 10.5 Å². The fraction of sp³-hybridized carbons (Fsp3) is 0.333. The first kappa shape index (κ1) is 22.0. The second-order valence-electron chi connectivity index (χ2n) is 7.21. The van der Waals surface area contributed by atoms with E-state index in [9.17, 15) is 19.7 Å². The van der Waals surface area contributed by atoms with Gasteiger partial charge in [-0.2, -0.15) is 0 Å². The molecule has 1 heterocycles. The highest BCUT2D eigenvalue weighted by atomic mass is 16.6. The van der Waals surface area contributed by atoms with Crippen LogP contribution >= 0.6 is 0 Å². The van der Waals surface area contributed by atoms with E-state index in [1.54, 1.807) is 18.2 Å². The molecule has 2 aromatic carbocycles. The van der Waals surface area contributed by atoms with Gasteiger partial charge in [-0.3, -0.25) is 19.7 Å². The first-order chi connectivity index (χ1) is 14.8. The summed E-state index contributed by atoms with van der Waals surface area (Å²) >= 11 is 0. The van der Waals surface area contributed by atoms with Crippen molar-refractivity contribution in [2.45, 2.75) is 13.3 Å². The number of amides is 2. The molecule has 10 heteroatoms. The number of carbonyl (C=O) groups is 2. The molecule has 0 aliphatic carbocycles. The van der Waals surface area contributed by atoms with Crippen molar-refractivity contribution in [3.63, 3.8) is 0 Å². The van der Waals surface area contributed by atoms with Gasteiger partial charge in [-0.1, -0.05) is 17.7 Å². The number of nitrogens with zero attached hydrogens (tertiary/aromatic N) is 2. The molecule has 31 heavy (non-hydrogen) atoms. The molecular formula is C21H25N5O5. The van der Waals surface area contributed by atoms with E-state index >= 15 is 0 Å². The van der Waals surface area contributed by atoms with Crippen LogP contribution in [0.5, 0.6) is 0 Å². The second-order valence-corrected chi connectivity index (χ2v) is 7.21. The summed E-state index contributed by atoms with van der Waals surface area (Å²) in [5.41, 5.74) is 7.52. The van der Waals surface area contributed by atoms with Crippen molar-refractivity contribution in [1.29, 1.82) is 0 Å². The molecule has 0 atom stereocenters. The molecule has 4 N–H and O–H groups in total. The molecule has 1 aliphatic rings. The highest BCUT2D eigenvalue weighted by Gasteiger charge is 2.26. The summed E-state index contributed by atoms with van der Waals surface area (Å²) in [4.78, 5) is 37.2. The lowest BCUT2D eigenvalue weighted by molar-refractivity contribution is -0.384. The Morgan fingerprint density at radius 3 is 2.48 bits per heavy atom. The van der Waals surface area contributed by atoms with Gasteiger partial charge in [0.2, 0.25) is 5.91 Å². The van der Waals surface area contributed by atoms with Gasteiger partial charge in [0.25, 0.3) is 11.6 Å². The number of hydrogen-bond acceptors (Lipinski definition) is 7. The third kappa shape index (κ3) is 5.70. The zero-order chi connectivity index (χ0) is 22.4. The molecule has 0 saturated carbocycles. The number of nitrogens with one attached hydrogen (secondary N) is 2. The Hall–Kier alpha value is -3.66. The second kappa shape index (κ2) is 9.90. The molecule has 0 spiro atoms. The maximum atomic E-state index is 13.1. The molecule has 0 radical (unpaired) electrons. The zero-order valence-corrected chi connectivity index (χ0v) is 17.2. The Morgan fingerprint density at radius 2 is 1.87 bits per heavy atom. The molecule has 3 rings (SSSR count). The van der Waals surface area contributed by atoms with Crippen molar-refractivity contribution in [3.05, 3.63) is 57.6 Å². The summed E-state index contributed by atoms with van der Waals surface area (Å²) in [6.45, 7) is 4.15. The van der Waals surface area contributed by atoms with Crippen LogP contribution < -0.4 is 21.3 Å². The van der Waals surface area contributed by atoms with Crippen molar-refractivity contribution in [1.82, 2.24) is 0 Å². The topological polar surface area (TPSA) is 140 Å². The molecule has 0 aromatic heterocycles. The number of morpholine rings is 1. The Kier molecular flexibility index (Phi) is 7.03. The molecule has 1 fully saturated rings. The number of nitrogens with two attached hydrogens (primary N) is 1. The number of nitro groups is 1. The van der Waals surface area contributed by atoms with E-state index in [0.29, 0.717) is 37.7 Å². The van der Waals surface area contributed by atoms with Gasteiger partial charge in [0, 0.05) is 37.8 Å². The number of anilines is 3. The first-order valence-corrected chi connectivity index (χ1v) is 9.90. The van der Waals surface area contributed by atoms with Crippen molar-refractivity contribution >= 4 is 34.6 Å². The van der Waals surface area contributed by atoms with Gasteiger partial charge in [-0.15, -0.1) is 0 Å². The van der Waals surface area contributed by atoms with E-state index < -0.39 is 16.7 Å². The Bertz CT molecular complexity index is 971. The predicted octanol–water partition coefficient (Wildman–Crippen LogP) is 2.28. The van der Waals surface area contributed by atoms with Gasteiger partial charge in [-0.25, -0.2) is 0 Å². The summed E-state index contributed by atoms with van der Waals surface area (Å²) in [5.74, 6) is -0.963. The third-order valence-electron chi connectivity index (χ3n) is 4.90. The summed E-state index contributed by atoms with van der Waals surface area (Å²) in [6, 6.07) is 10.1. The molecule has 2 aromatic rings. The Morgan fingerprint density at radius 1 is 1.19 bits per heavy atom. The quantitative estimate of drug-likeness (QED) is 0.434. The molecule has 1 saturated heterocycles. The number of ether oxygens (including phenoxy) is 1. The number of aryl methyl sites for hydroxylation is 1. The summed E-state index contributed by atoms with van der Waals surface area (Å²) < 4.78 is 5.39. The SMILES string of the molecule is Cc1ccc(NC(=O)c2cc([N+](=O)[O-])c(NCCC(N)=O)cc2N2CCOCC2)cc1. The largest absolute Gasteiger partial charge is 0.379 e.